The minimum Gasteiger partial charge on any atom is -0.351 e. The molecule has 6 nitrogen and oxygen atoms in total. The van der Waals surface area contributed by atoms with Crippen molar-refractivity contribution in [1.29, 1.82) is 0 Å². The van der Waals surface area contributed by atoms with Crippen LogP contribution in [-0.2, 0) is 11.3 Å². The number of pyridine rings is 1. The molecule has 0 aliphatic rings. The summed E-state index contributed by atoms with van der Waals surface area (Å²) in [5.74, 6) is -0.593. The van der Waals surface area contributed by atoms with Gasteiger partial charge in [-0.25, -0.2) is 13.8 Å². The third-order valence-electron chi connectivity index (χ3n) is 3.36. The summed E-state index contributed by atoms with van der Waals surface area (Å²) in [6.07, 6.45) is 1.60. The summed E-state index contributed by atoms with van der Waals surface area (Å²) in [5.41, 5.74) is 0.738. The van der Waals surface area contributed by atoms with E-state index >= 15 is 0 Å². The molecule has 0 atom stereocenters. The fourth-order valence-corrected chi connectivity index (χ4v) is 2.96. The van der Waals surface area contributed by atoms with Crippen molar-refractivity contribution in [1.82, 2.24) is 20.4 Å². The second-order valence-electron chi connectivity index (χ2n) is 5.29. The summed E-state index contributed by atoms with van der Waals surface area (Å²) in [4.78, 5) is 20.4. The predicted octanol–water partition coefficient (Wildman–Crippen LogP) is 3.13. The van der Waals surface area contributed by atoms with Crippen LogP contribution in [0.4, 0.5) is 8.78 Å². The first kappa shape index (κ1) is 18.0. The van der Waals surface area contributed by atoms with E-state index in [-0.39, 0.29) is 23.8 Å². The van der Waals surface area contributed by atoms with Crippen molar-refractivity contribution >= 4 is 17.7 Å². The second kappa shape index (κ2) is 8.05. The number of halogens is 2. The number of benzene rings is 1. The number of nitrogens with one attached hydrogen (secondary N) is 1. The van der Waals surface area contributed by atoms with Gasteiger partial charge in [0.05, 0.1) is 11.3 Å². The van der Waals surface area contributed by atoms with E-state index in [1.165, 1.54) is 11.8 Å². The van der Waals surface area contributed by atoms with Crippen LogP contribution in [0.25, 0.3) is 11.4 Å². The number of nitrogens with zero attached hydrogens (tertiary/aromatic N) is 3. The molecule has 0 aliphatic heterocycles. The molecule has 3 aromatic rings. The summed E-state index contributed by atoms with van der Waals surface area (Å²) in [5, 5.41) is 6.98. The number of aryl methyl sites for hydroxylation is 1. The third-order valence-corrected chi connectivity index (χ3v) is 4.37. The van der Waals surface area contributed by atoms with Gasteiger partial charge in [-0.3, -0.25) is 4.79 Å². The lowest BCUT2D eigenvalue weighted by Crippen LogP contribution is -2.25. The Kier molecular flexibility index (Phi) is 5.57. The number of rotatable bonds is 6. The van der Waals surface area contributed by atoms with Gasteiger partial charge in [-0.05, 0) is 30.3 Å². The highest BCUT2D eigenvalue weighted by atomic mass is 32.2. The zero-order valence-corrected chi connectivity index (χ0v) is 14.5. The molecule has 0 aliphatic carbocycles. The molecule has 26 heavy (non-hydrogen) atoms. The van der Waals surface area contributed by atoms with Gasteiger partial charge in [-0.1, -0.05) is 16.9 Å². The van der Waals surface area contributed by atoms with E-state index in [1.807, 2.05) is 0 Å². The van der Waals surface area contributed by atoms with Crippen molar-refractivity contribution in [3.8, 4) is 11.4 Å². The van der Waals surface area contributed by atoms with Gasteiger partial charge in [0.2, 0.25) is 17.6 Å². The Bertz CT molecular complexity index is 933. The molecule has 2 aromatic heterocycles. The van der Waals surface area contributed by atoms with Crippen LogP contribution in [0.2, 0.25) is 0 Å². The average molecular weight is 376 g/mol. The van der Waals surface area contributed by atoms with Crippen LogP contribution < -0.4 is 5.32 Å². The Morgan fingerprint density at radius 3 is 2.92 bits per heavy atom. The molecular formula is C17H14F2N4O2S. The zero-order chi connectivity index (χ0) is 18.5. The number of carbonyl (C=O) groups excluding carboxylic acids is 1. The van der Waals surface area contributed by atoms with Crippen LogP contribution in [0.3, 0.4) is 0 Å². The van der Waals surface area contributed by atoms with Gasteiger partial charge < -0.3 is 9.84 Å². The summed E-state index contributed by atoms with van der Waals surface area (Å²) < 4.78 is 31.7. The molecule has 0 spiro atoms. The molecule has 0 unspecified atom stereocenters. The van der Waals surface area contributed by atoms with E-state index in [0.717, 1.165) is 18.2 Å². The second-order valence-corrected chi connectivity index (χ2v) is 6.26. The van der Waals surface area contributed by atoms with E-state index in [0.29, 0.717) is 22.3 Å². The van der Waals surface area contributed by atoms with Crippen molar-refractivity contribution in [2.45, 2.75) is 18.5 Å². The maximum absolute atomic E-state index is 13.6. The number of carbonyl (C=O) groups is 1. The van der Waals surface area contributed by atoms with Crippen LogP contribution >= 0.6 is 11.8 Å². The molecule has 2 heterocycles. The molecule has 3 rings (SSSR count). The molecule has 0 fully saturated rings. The van der Waals surface area contributed by atoms with Gasteiger partial charge in [-0.15, -0.1) is 0 Å². The highest BCUT2D eigenvalue weighted by Gasteiger charge is 2.14. The van der Waals surface area contributed by atoms with Crippen LogP contribution in [0.1, 0.15) is 11.5 Å². The number of hydrogen-bond donors (Lipinski definition) is 1. The lowest BCUT2D eigenvalue weighted by atomic mass is 10.2. The maximum atomic E-state index is 13.6. The quantitative estimate of drug-likeness (QED) is 0.666. The first-order valence-electron chi connectivity index (χ1n) is 7.62. The molecule has 0 saturated carbocycles. The van der Waals surface area contributed by atoms with Crippen LogP contribution in [0, 0.1) is 18.6 Å². The van der Waals surface area contributed by atoms with Crippen molar-refractivity contribution < 1.29 is 18.1 Å². The Hall–Kier alpha value is -2.81. The highest BCUT2D eigenvalue weighted by molar-refractivity contribution is 8.00. The summed E-state index contributed by atoms with van der Waals surface area (Å²) in [7, 11) is 0. The molecule has 0 radical (unpaired) electrons. The van der Waals surface area contributed by atoms with E-state index in [2.05, 4.69) is 20.4 Å². The minimum atomic E-state index is -0.571. The standard InChI is InChI=1S/C17H14F2N4O2S/c1-10-22-16(23-25-10)13-3-2-6-20-17(13)26-9-15(24)21-8-11-7-12(18)4-5-14(11)19/h2-7H,8-9H2,1H3,(H,21,24). The van der Waals surface area contributed by atoms with Crippen LogP contribution in [0.5, 0.6) is 0 Å². The molecule has 1 aromatic carbocycles. The summed E-state index contributed by atoms with van der Waals surface area (Å²) in [6, 6.07) is 6.62. The Balaban J connectivity index is 1.61. The molecule has 0 saturated heterocycles. The van der Waals surface area contributed by atoms with Crippen LogP contribution in [0.15, 0.2) is 46.1 Å². The van der Waals surface area contributed by atoms with Crippen molar-refractivity contribution in [3.63, 3.8) is 0 Å². The fourth-order valence-electron chi connectivity index (χ4n) is 2.14. The highest BCUT2D eigenvalue weighted by Crippen LogP contribution is 2.27. The van der Waals surface area contributed by atoms with Gasteiger partial charge in [0.1, 0.15) is 16.7 Å². The Morgan fingerprint density at radius 1 is 1.31 bits per heavy atom. The molecule has 9 heteroatoms. The average Bonchev–Trinajstić information content (AvgIpc) is 3.07. The van der Waals surface area contributed by atoms with Crippen molar-refractivity contribution in [3.05, 3.63) is 59.6 Å². The molecule has 0 bridgehead atoms. The smallest absolute Gasteiger partial charge is 0.230 e. The first-order valence-corrected chi connectivity index (χ1v) is 8.60. The lowest BCUT2D eigenvalue weighted by molar-refractivity contribution is -0.118. The van der Waals surface area contributed by atoms with Crippen LogP contribution in [-0.4, -0.2) is 26.8 Å². The maximum Gasteiger partial charge on any atom is 0.230 e. The zero-order valence-electron chi connectivity index (χ0n) is 13.7. The molecule has 134 valence electrons. The van der Waals surface area contributed by atoms with E-state index < -0.39 is 11.6 Å². The van der Waals surface area contributed by atoms with Gasteiger partial charge in [0.25, 0.3) is 0 Å². The van der Waals surface area contributed by atoms with Gasteiger partial charge in [-0.2, -0.15) is 4.98 Å². The minimum absolute atomic E-state index is 0.0534. The number of hydrogen-bond acceptors (Lipinski definition) is 6. The Labute approximate surface area is 152 Å². The van der Waals surface area contributed by atoms with E-state index in [9.17, 15) is 13.6 Å². The lowest BCUT2D eigenvalue weighted by Gasteiger charge is -2.07. The summed E-state index contributed by atoms with van der Waals surface area (Å²) >= 11 is 1.19. The van der Waals surface area contributed by atoms with Gasteiger partial charge in [0, 0.05) is 25.2 Å². The first-order chi connectivity index (χ1) is 12.5. The topological polar surface area (TPSA) is 80.9 Å². The fraction of sp³-hybridized carbons (Fsp3) is 0.176. The number of thioether (sulfide) groups is 1. The monoisotopic (exact) mass is 376 g/mol. The van der Waals surface area contributed by atoms with Crippen molar-refractivity contribution in [2.75, 3.05) is 5.75 Å². The summed E-state index contributed by atoms with van der Waals surface area (Å²) in [6.45, 7) is 1.58. The predicted molar refractivity (Wildman–Crippen MR) is 91.2 cm³/mol. The van der Waals surface area contributed by atoms with Gasteiger partial charge >= 0.3 is 0 Å². The SMILES string of the molecule is Cc1nc(-c2cccnc2SCC(=O)NCc2cc(F)ccc2F)no1. The molecule has 1 N–H and O–H groups in total. The Morgan fingerprint density at radius 2 is 2.15 bits per heavy atom. The van der Waals surface area contributed by atoms with Crippen molar-refractivity contribution in [2.24, 2.45) is 0 Å². The van der Waals surface area contributed by atoms with Gasteiger partial charge in [0.15, 0.2) is 0 Å². The molecular weight excluding hydrogens is 362 g/mol. The largest absolute Gasteiger partial charge is 0.351 e. The number of amides is 1. The molecule has 1 amide bonds. The van der Waals surface area contributed by atoms with E-state index in [1.54, 1.807) is 25.3 Å². The third kappa shape index (κ3) is 4.42. The normalized spacial score (nSPS) is 10.7. The van der Waals surface area contributed by atoms with E-state index in [4.69, 9.17) is 4.52 Å². The number of aromatic nitrogens is 3.